The third-order valence-electron chi connectivity index (χ3n) is 2.86. The van der Waals surface area contributed by atoms with E-state index in [1.54, 1.807) is 24.6 Å². The summed E-state index contributed by atoms with van der Waals surface area (Å²) in [5.41, 5.74) is 1.39. The van der Waals surface area contributed by atoms with E-state index in [1.165, 1.54) is 24.3 Å². The Morgan fingerprint density at radius 3 is 2.91 bits per heavy atom. The second-order valence-electron chi connectivity index (χ2n) is 4.91. The maximum absolute atomic E-state index is 14.2. The van der Waals surface area contributed by atoms with Crippen LogP contribution in [0.5, 0.6) is 0 Å². The Balaban J connectivity index is 2.15. The number of benzene rings is 1. The normalized spacial score (nSPS) is 12.0. The van der Waals surface area contributed by atoms with Crippen molar-refractivity contribution in [1.82, 2.24) is 4.98 Å². The number of nitrogens with zero attached hydrogens (tertiary/aromatic N) is 1. The van der Waals surface area contributed by atoms with E-state index < -0.39 is 5.82 Å². The highest BCUT2D eigenvalue weighted by Gasteiger charge is 2.12. The van der Waals surface area contributed by atoms with Crippen LogP contribution in [-0.4, -0.2) is 30.6 Å². The van der Waals surface area contributed by atoms with Crippen molar-refractivity contribution >= 4 is 28.1 Å². The van der Waals surface area contributed by atoms with Crippen molar-refractivity contribution in [3.8, 4) is 11.3 Å². The summed E-state index contributed by atoms with van der Waals surface area (Å²) in [4.78, 5) is 15.4. The molecule has 0 spiro atoms. The molecule has 1 heterocycles. The van der Waals surface area contributed by atoms with Crippen LogP contribution in [0.1, 0.15) is 13.8 Å². The summed E-state index contributed by atoms with van der Waals surface area (Å²) in [6.07, 6.45) is 0. The highest BCUT2D eigenvalue weighted by Crippen LogP contribution is 2.28. The SMILES string of the molecule is COC[C@H](C)Nc1nc(-c2ccc(NC(C)=O)cc2F)cs1. The number of nitrogens with one attached hydrogen (secondary N) is 2. The molecule has 118 valence electrons. The number of carbonyl (C=O) groups is 1. The topological polar surface area (TPSA) is 63.2 Å². The Morgan fingerprint density at radius 2 is 2.27 bits per heavy atom. The first-order valence-electron chi connectivity index (χ1n) is 6.78. The van der Waals surface area contributed by atoms with Crippen LogP contribution in [0.4, 0.5) is 15.2 Å². The number of amides is 1. The van der Waals surface area contributed by atoms with Crippen molar-refractivity contribution in [1.29, 1.82) is 0 Å². The fourth-order valence-corrected chi connectivity index (χ4v) is 2.79. The maximum atomic E-state index is 14.2. The Kier molecular flexibility index (Phi) is 5.46. The number of ether oxygens (including phenoxy) is 1. The standard InChI is InChI=1S/C15H18FN3O2S/c1-9(7-21-3)17-15-19-14(8-22-15)12-5-4-11(6-13(12)16)18-10(2)20/h4-6,8-9H,7H2,1-3H3,(H,17,19)(H,18,20)/t9-/m0/s1. The largest absolute Gasteiger partial charge is 0.383 e. The van der Waals surface area contributed by atoms with Crippen molar-refractivity contribution < 1.29 is 13.9 Å². The molecule has 1 aromatic carbocycles. The first-order valence-corrected chi connectivity index (χ1v) is 7.66. The van der Waals surface area contributed by atoms with Gasteiger partial charge < -0.3 is 15.4 Å². The van der Waals surface area contributed by atoms with E-state index in [2.05, 4.69) is 15.6 Å². The zero-order chi connectivity index (χ0) is 16.1. The quantitative estimate of drug-likeness (QED) is 0.856. The summed E-state index contributed by atoms with van der Waals surface area (Å²) in [5.74, 6) is -0.660. The van der Waals surface area contributed by atoms with Crippen LogP contribution < -0.4 is 10.6 Å². The molecule has 0 radical (unpaired) electrons. The molecule has 0 saturated heterocycles. The highest BCUT2D eigenvalue weighted by atomic mass is 32.1. The Morgan fingerprint density at radius 1 is 1.50 bits per heavy atom. The molecule has 2 rings (SSSR count). The Labute approximate surface area is 132 Å². The number of carbonyl (C=O) groups excluding carboxylic acids is 1. The van der Waals surface area contributed by atoms with Gasteiger partial charge in [-0.25, -0.2) is 9.37 Å². The summed E-state index contributed by atoms with van der Waals surface area (Å²) in [6.45, 7) is 3.92. The van der Waals surface area contributed by atoms with Crippen LogP contribution in [0.25, 0.3) is 11.3 Å². The molecule has 2 N–H and O–H groups in total. The summed E-state index contributed by atoms with van der Waals surface area (Å²) >= 11 is 1.41. The minimum absolute atomic E-state index is 0.121. The summed E-state index contributed by atoms with van der Waals surface area (Å²) in [5, 5.41) is 8.24. The number of hydrogen-bond acceptors (Lipinski definition) is 5. The fraction of sp³-hybridized carbons (Fsp3) is 0.333. The van der Waals surface area contributed by atoms with Gasteiger partial charge in [0.05, 0.1) is 12.3 Å². The molecule has 0 aliphatic rings. The third-order valence-corrected chi connectivity index (χ3v) is 3.63. The predicted octanol–water partition coefficient (Wildman–Crippen LogP) is 3.35. The van der Waals surface area contributed by atoms with E-state index in [0.29, 0.717) is 28.7 Å². The molecule has 1 atom stereocenters. The second kappa shape index (κ2) is 7.33. The van der Waals surface area contributed by atoms with Crippen molar-refractivity contribution in [3.63, 3.8) is 0 Å². The van der Waals surface area contributed by atoms with Gasteiger partial charge in [-0.3, -0.25) is 4.79 Å². The van der Waals surface area contributed by atoms with E-state index in [-0.39, 0.29) is 11.9 Å². The Bertz CT molecular complexity index is 660. The summed E-state index contributed by atoms with van der Waals surface area (Å²) in [6, 6.07) is 4.67. The highest BCUT2D eigenvalue weighted by molar-refractivity contribution is 7.14. The molecular weight excluding hydrogens is 305 g/mol. The monoisotopic (exact) mass is 323 g/mol. The number of thiazole rings is 1. The molecule has 7 heteroatoms. The van der Waals surface area contributed by atoms with Gasteiger partial charge >= 0.3 is 0 Å². The molecule has 22 heavy (non-hydrogen) atoms. The van der Waals surface area contributed by atoms with E-state index in [4.69, 9.17) is 4.74 Å². The lowest BCUT2D eigenvalue weighted by atomic mass is 10.1. The van der Waals surface area contributed by atoms with E-state index >= 15 is 0 Å². The first kappa shape index (κ1) is 16.4. The molecule has 0 bridgehead atoms. The molecule has 0 aliphatic carbocycles. The summed E-state index contributed by atoms with van der Waals surface area (Å²) < 4.78 is 19.2. The number of methoxy groups -OCH3 is 1. The minimum Gasteiger partial charge on any atom is -0.383 e. The lowest BCUT2D eigenvalue weighted by Crippen LogP contribution is -2.20. The second-order valence-corrected chi connectivity index (χ2v) is 5.77. The van der Waals surface area contributed by atoms with Gasteiger partial charge in [0.2, 0.25) is 5.91 Å². The predicted molar refractivity (Wildman–Crippen MR) is 86.8 cm³/mol. The average molecular weight is 323 g/mol. The van der Waals surface area contributed by atoms with Crippen LogP contribution in [-0.2, 0) is 9.53 Å². The molecule has 1 aromatic heterocycles. The molecule has 0 fully saturated rings. The van der Waals surface area contributed by atoms with Gasteiger partial charge in [-0.2, -0.15) is 0 Å². The van der Waals surface area contributed by atoms with Gasteiger partial charge in [0.25, 0.3) is 0 Å². The molecule has 0 saturated carbocycles. The summed E-state index contributed by atoms with van der Waals surface area (Å²) in [7, 11) is 1.64. The maximum Gasteiger partial charge on any atom is 0.221 e. The van der Waals surface area contributed by atoms with Gasteiger partial charge in [-0.05, 0) is 25.1 Å². The Hall–Kier alpha value is -1.99. The zero-order valence-corrected chi connectivity index (χ0v) is 13.5. The van der Waals surface area contributed by atoms with Crippen LogP contribution in [0.15, 0.2) is 23.6 Å². The van der Waals surface area contributed by atoms with Gasteiger partial charge in [0, 0.05) is 36.7 Å². The van der Waals surface area contributed by atoms with Crippen LogP contribution in [0.3, 0.4) is 0 Å². The number of halogens is 1. The van der Waals surface area contributed by atoms with E-state index in [1.807, 2.05) is 6.92 Å². The molecule has 2 aromatic rings. The molecular formula is C15H18FN3O2S. The third kappa shape index (κ3) is 4.25. The van der Waals surface area contributed by atoms with Gasteiger partial charge in [0.1, 0.15) is 5.82 Å². The zero-order valence-electron chi connectivity index (χ0n) is 12.6. The average Bonchev–Trinajstić information content (AvgIpc) is 2.86. The fourth-order valence-electron chi connectivity index (χ4n) is 1.97. The van der Waals surface area contributed by atoms with Crippen molar-refractivity contribution in [3.05, 3.63) is 29.4 Å². The first-order chi connectivity index (χ1) is 10.5. The van der Waals surface area contributed by atoms with Gasteiger partial charge in [-0.15, -0.1) is 11.3 Å². The number of hydrogen-bond donors (Lipinski definition) is 2. The van der Waals surface area contributed by atoms with Crippen molar-refractivity contribution in [2.45, 2.75) is 19.9 Å². The van der Waals surface area contributed by atoms with E-state index in [0.717, 1.165) is 0 Å². The van der Waals surface area contributed by atoms with Gasteiger partial charge in [0.15, 0.2) is 5.13 Å². The minimum atomic E-state index is -0.423. The van der Waals surface area contributed by atoms with Gasteiger partial charge in [-0.1, -0.05) is 0 Å². The van der Waals surface area contributed by atoms with Crippen LogP contribution in [0, 0.1) is 5.82 Å². The van der Waals surface area contributed by atoms with Crippen molar-refractivity contribution in [2.24, 2.45) is 0 Å². The number of rotatable bonds is 6. The van der Waals surface area contributed by atoms with Crippen molar-refractivity contribution in [2.75, 3.05) is 24.4 Å². The van der Waals surface area contributed by atoms with E-state index in [9.17, 15) is 9.18 Å². The molecule has 0 aliphatic heterocycles. The number of anilines is 2. The number of aromatic nitrogens is 1. The molecule has 1 amide bonds. The van der Waals surface area contributed by atoms with Crippen LogP contribution in [0.2, 0.25) is 0 Å². The molecule has 0 unspecified atom stereocenters. The molecule has 5 nitrogen and oxygen atoms in total. The smallest absolute Gasteiger partial charge is 0.221 e. The lowest BCUT2D eigenvalue weighted by Gasteiger charge is -2.10. The van der Waals surface area contributed by atoms with Crippen LogP contribution >= 0.6 is 11.3 Å². The lowest BCUT2D eigenvalue weighted by molar-refractivity contribution is -0.114.